The van der Waals surface area contributed by atoms with E-state index in [1.54, 1.807) is 24.3 Å². The normalized spacial score (nSPS) is 21.5. The van der Waals surface area contributed by atoms with Gasteiger partial charge in [0.25, 0.3) is 0 Å². The van der Waals surface area contributed by atoms with Crippen LogP contribution in [0.1, 0.15) is 37.7 Å². The number of carboxylic acid groups (broad SMARTS) is 1. The Morgan fingerprint density at radius 1 is 1.03 bits per heavy atom. The maximum Gasteiger partial charge on any atom is 0.326 e. The summed E-state index contributed by atoms with van der Waals surface area (Å²) in [5, 5.41) is 17.8. The molecular weight excluding hydrogens is 442 g/mol. The molecule has 1 aromatic carbocycles. The van der Waals surface area contributed by atoms with Crippen molar-refractivity contribution in [2.75, 3.05) is 13.1 Å². The van der Waals surface area contributed by atoms with Crippen LogP contribution in [0.2, 0.25) is 0 Å². The fraction of sp³-hybridized carbons (Fsp3) is 0.522. The van der Waals surface area contributed by atoms with Gasteiger partial charge in [-0.3, -0.25) is 19.2 Å². The first-order valence-corrected chi connectivity index (χ1v) is 11.5. The van der Waals surface area contributed by atoms with Crippen molar-refractivity contribution >= 4 is 29.6 Å². The van der Waals surface area contributed by atoms with Gasteiger partial charge in [-0.2, -0.15) is 0 Å². The summed E-state index contributed by atoms with van der Waals surface area (Å²) in [5.74, 6) is -3.51. The topological polar surface area (TPSA) is 171 Å². The number of benzene rings is 1. The number of nitrogens with zero attached hydrogens (tertiary/aromatic N) is 1. The zero-order chi connectivity index (χ0) is 24.7. The number of nitrogens with two attached hydrogens (primary N) is 1. The molecule has 4 unspecified atom stereocenters. The molecular formula is C23H31N5O6. The van der Waals surface area contributed by atoms with Crippen LogP contribution in [0.5, 0.6) is 0 Å². The Morgan fingerprint density at radius 3 is 2.35 bits per heavy atom. The van der Waals surface area contributed by atoms with Crippen molar-refractivity contribution < 1.29 is 29.1 Å². The number of amides is 4. The molecule has 11 nitrogen and oxygen atoms in total. The van der Waals surface area contributed by atoms with E-state index in [-0.39, 0.29) is 13.0 Å². The lowest BCUT2D eigenvalue weighted by molar-refractivity contribution is -0.145. The Bertz CT molecular complexity index is 918. The zero-order valence-corrected chi connectivity index (χ0v) is 18.9. The third kappa shape index (κ3) is 6.53. The molecule has 2 heterocycles. The maximum absolute atomic E-state index is 13.2. The first-order valence-electron chi connectivity index (χ1n) is 11.5. The Balaban J connectivity index is 1.68. The predicted octanol–water partition coefficient (Wildman–Crippen LogP) is -1.10. The molecule has 2 saturated heterocycles. The molecule has 0 spiro atoms. The van der Waals surface area contributed by atoms with Gasteiger partial charge in [0, 0.05) is 13.0 Å². The lowest BCUT2D eigenvalue weighted by Crippen LogP contribution is -2.57. The number of rotatable bonds is 10. The number of carbonyl (C=O) groups is 5. The van der Waals surface area contributed by atoms with Gasteiger partial charge in [0.05, 0.1) is 12.5 Å². The van der Waals surface area contributed by atoms with Crippen molar-refractivity contribution in [1.29, 1.82) is 0 Å². The third-order valence-corrected chi connectivity index (χ3v) is 6.13. The van der Waals surface area contributed by atoms with Gasteiger partial charge in [0.15, 0.2) is 0 Å². The quantitative estimate of drug-likeness (QED) is 0.287. The summed E-state index contributed by atoms with van der Waals surface area (Å²) in [6.07, 6.45) is 2.02. The standard InChI is InChI=1S/C23H31N5O6/c24-19(29)13-16(26-20(30)15-8-4-10-25-15)22(32)28-11-5-9-18(28)21(31)27-17(23(33)34)12-14-6-2-1-3-7-14/h1-3,6-7,15-18,25H,4-5,8-13H2,(H2,24,29)(H,26,30)(H,27,31)(H,33,34). The SMILES string of the molecule is NC(=O)CC(NC(=O)C1CCCN1)C(=O)N1CCCC1C(=O)NC(Cc1ccccc1)C(=O)O. The molecule has 11 heteroatoms. The van der Waals surface area contributed by atoms with E-state index in [0.29, 0.717) is 25.8 Å². The molecule has 0 aromatic heterocycles. The largest absolute Gasteiger partial charge is 0.480 e. The van der Waals surface area contributed by atoms with Crippen LogP contribution in [0.15, 0.2) is 30.3 Å². The highest BCUT2D eigenvalue weighted by atomic mass is 16.4. The predicted molar refractivity (Wildman–Crippen MR) is 121 cm³/mol. The van der Waals surface area contributed by atoms with Crippen LogP contribution in [0.3, 0.4) is 0 Å². The highest BCUT2D eigenvalue weighted by Crippen LogP contribution is 2.20. The van der Waals surface area contributed by atoms with Gasteiger partial charge < -0.3 is 31.7 Å². The molecule has 4 amide bonds. The van der Waals surface area contributed by atoms with Gasteiger partial charge in [-0.25, -0.2) is 4.79 Å². The second kappa shape index (κ2) is 11.6. The first kappa shape index (κ1) is 25.2. The lowest BCUT2D eigenvalue weighted by atomic mass is 10.0. The van der Waals surface area contributed by atoms with Crippen LogP contribution in [0, 0.1) is 0 Å². The number of primary amides is 1. The minimum Gasteiger partial charge on any atom is -0.480 e. The number of aliphatic carboxylic acids is 1. The number of nitrogens with one attached hydrogen (secondary N) is 3. The van der Waals surface area contributed by atoms with Crippen LogP contribution < -0.4 is 21.7 Å². The van der Waals surface area contributed by atoms with E-state index in [1.165, 1.54) is 4.90 Å². The molecule has 1 aromatic rings. The van der Waals surface area contributed by atoms with Crippen molar-refractivity contribution in [2.24, 2.45) is 5.73 Å². The Morgan fingerprint density at radius 2 is 1.74 bits per heavy atom. The Labute approximate surface area is 197 Å². The minimum absolute atomic E-state index is 0.0946. The van der Waals surface area contributed by atoms with Gasteiger partial charge in [0.1, 0.15) is 18.1 Å². The molecule has 0 aliphatic carbocycles. The van der Waals surface area contributed by atoms with Crippen molar-refractivity contribution in [3.8, 4) is 0 Å². The maximum atomic E-state index is 13.2. The fourth-order valence-corrected chi connectivity index (χ4v) is 4.40. The van der Waals surface area contributed by atoms with Crippen LogP contribution >= 0.6 is 0 Å². The summed E-state index contributed by atoms with van der Waals surface area (Å²) in [6, 6.07) is 5.19. The van der Waals surface area contributed by atoms with E-state index in [0.717, 1.165) is 12.0 Å². The molecule has 2 aliphatic rings. The summed E-state index contributed by atoms with van der Waals surface area (Å²) >= 11 is 0. The number of hydrogen-bond donors (Lipinski definition) is 5. The van der Waals surface area contributed by atoms with Crippen molar-refractivity contribution in [3.05, 3.63) is 35.9 Å². The van der Waals surface area contributed by atoms with E-state index < -0.39 is 60.2 Å². The summed E-state index contributed by atoms with van der Waals surface area (Å²) in [5.41, 5.74) is 6.05. The molecule has 0 radical (unpaired) electrons. The van der Waals surface area contributed by atoms with E-state index in [9.17, 15) is 29.1 Å². The average Bonchev–Trinajstić information content (AvgIpc) is 3.50. The van der Waals surface area contributed by atoms with Crippen LogP contribution in [-0.2, 0) is 30.4 Å². The first-order chi connectivity index (χ1) is 16.3. The number of likely N-dealkylation sites (tertiary alicyclic amines) is 1. The smallest absolute Gasteiger partial charge is 0.326 e. The summed E-state index contributed by atoms with van der Waals surface area (Å²) in [7, 11) is 0. The second-order valence-electron chi connectivity index (χ2n) is 8.66. The molecule has 0 bridgehead atoms. The van der Waals surface area contributed by atoms with Crippen molar-refractivity contribution in [1.82, 2.24) is 20.9 Å². The lowest BCUT2D eigenvalue weighted by Gasteiger charge is -2.29. The molecule has 2 fully saturated rings. The van der Waals surface area contributed by atoms with Gasteiger partial charge in [-0.05, 0) is 37.8 Å². The number of hydrogen-bond acceptors (Lipinski definition) is 6. The van der Waals surface area contributed by atoms with Gasteiger partial charge >= 0.3 is 5.97 Å². The number of carboxylic acids is 1. The highest BCUT2D eigenvalue weighted by Gasteiger charge is 2.40. The summed E-state index contributed by atoms with van der Waals surface area (Å²) in [6.45, 7) is 0.939. The van der Waals surface area contributed by atoms with E-state index >= 15 is 0 Å². The van der Waals surface area contributed by atoms with Crippen LogP contribution in [0.25, 0.3) is 0 Å². The Hall–Kier alpha value is -3.47. The zero-order valence-electron chi connectivity index (χ0n) is 18.9. The molecule has 184 valence electrons. The van der Waals surface area contributed by atoms with Gasteiger partial charge in [-0.1, -0.05) is 30.3 Å². The monoisotopic (exact) mass is 473 g/mol. The number of carbonyl (C=O) groups excluding carboxylic acids is 4. The van der Waals surface area contributed by atoms with E-state index in [1.807, 2.05) is 6.07 Å². The van der Waals surface area contributed by atoms with E-state index in [4.69, 9.17) is 5.73 Å². The Kier molecular flexibility index (Phi) is 8.58. The molecule has 6 N–H and O–H groups in total. The summed E-state index contributed by atoms with van der Waals surface area (Å²) < 4.78 is 0. The van der Waals surface area contributed by atoms with Crippen LogP contribution in [0.4, 0.5) is 0 Å². The molecule has 34 heavy (non-hydrogen) atoms. The van der Waals surface area contributed by atoms with Crippen LogP contribution in [-0.4, -0.2) is 76.9 Å². The fourth-order valence-electron chi connectivity index (χ4n) is 4.40. The van der Waals surface area contributed by atoms with Crippen molar-refractivity contribution in [2.45, 2.75) is 62.7 Å². The van der Waals surface area contributed by atoms with Gasteiger partial charge in [0.2, 0.25) is 23.6 Å². The molecule has 3 rings (SSSR count). The summed E-state index contributed by atoms with van der Waals surface area (Å²) in [4.78, 5) is 63.4. The second-order valence-corrected chi connectivity index (χ2v) is 8.66. The minimum atomic E-state index is -1.19. The van der Waals surface area contributed by atoms with E-state index in [2.05, 4.69) is 16.0 Å². The average molecular weight is 474 g/mol. The highest BCUT2D eigenvalue weighted by molar-refractivity contribution is 5.96. The van der Waals surface area contributed by atoms with Gasteiger partial charge in [-0.15, -0.1) is 0 Å². The van der Waals surface area contributed by atoms with Crippen molar-refractivity contribution in [3.63, 3.8) is 0 Å². The molecule has 0 saturated carbocycles. The third-order valence-electron chi connectivity index (χ3n) is 6.13. The molecule has 2 aliphatic heterocycles. The molecule has 4 atom stereocenters.